The highest BCUT2D eigenvalue weighted by Crippen LogP contribution is 2.16. The van der Waals surface area contributed by atoms with Crippen LogP contribution in [-0.4, -0.2) is 64.8 Å². The average Bonchev–Trinajstić information content (AvgIpc) is 2.34. The molecule has 1 aliphatic rings. The zero-order valence-electron chi connectivity index (χ0n) is 12.2. The summed E-state index contributed by atoms with van der Waals surface area (Å²) in [4.78, 5) is 26.8. The number of nitrogens with zero attached hydrogens (tertiary/aromatic N) is 2. The van der Waals surface area contributed by atoms with Crippen molar-refractivity contribution in [2.24, 2.45) is 0 Å². The molecule has 2 amide bonds. The predicted molar refractivity (Wildman–Crippen MR) is 70.7 cm³/mol. The molecular weight excluding hydrogens is 248 g/mol. The summed E-state index contributed by atoms with van der Waals surface area (Å²) in [6.07, 6.45) is 0.0000566. The maximum absolute atomic E-state index is 12.0. The third-order valence-corrected chi connectivity index (χ3v) is 2.98. The highest BCUT2D eigenvalue weighted by molar-refractivity contribution is 5.76. The molecule has 1 heterocycles. The van der Waals surface area contributed by atoms with E-state index in [4.69, 9.17) is 4.74 Å². The van der Waals surface area contributed by atoms with E-state index in [1.165, 1.54) is 4.90 Å². The van der Waals surface area contributed by atoms with Crippen LogP contribution in [0.1, 0.15) is 34.1 Å². The van der Waals surface area contributed by atoms with E-state index in [0.29, 0.717) is 26.1 Å². The molecule has 0 radical (unpaired) electrons. The monoisotopic (exact) mass is 272 g/mol. The Morgan fingerprint density at radius 3 is 2.42 bits per heavy atom. The molecule has 0 bridgehead atoms. The lowest BCUT2D eigenvalue weighted by Gasteiger charge is -2.40. The van der Waals surface area contributed by atoms with Crippen LogP contribution in [0.2, 0.25) is 0 Å². The molecule has 1 fully saturated rings. The highest BCUT2D eigenvalue weighted by Gasteiger charge is 2.34. The van der Waals surface area contributed by atoms with E-state index in [1.807, 2.05) is 0 Å². The third-order valence-electron chi connectivity index (χ3n) is 2.98. The Labute approximate surface area is 114 Å². The minimum absolute atomic E-state index is 0.0438. The molecule has 6 heteroatoms. The standard InChI is InChI=1S/C13H24N2O4/c1-5-11(17)14-6-7-15(10(8-14)9-16)12(18)19-13(2,3)4/h10,16H,5-9H2,1-4H3. The molecule has 1 N–H and O–H groups in total. The Balaban J connectivity index is 2.67. The van der Waals surface area contributed by atoms with Gasteiger partial charge in [0.15, 0.2) is 0 Å². The number of hydrogen-bond acceptors (Lipinski definition) is 4. The lowest BCUT2D eigenvalue weighted by atomic mass is 10.1. The Morgan fingerprint density at radius 2 is 1.95 bits per heavy atom. The van der Waals surface area contributed by atoms with Gasteiger partial charge in [-0.1, -0.05) is 6.92 Å². The molecule has 1 atom stereocenters. The topological polar surface area (TPSA) is 70.1 Å². The number of aliphatic hydroxyl groups excluding tert-OH is 1. The van der Waals surface area contributed by atoms with E-state index >= 15 is 0 Å². The Bertz CT molecular complexity index is 338. The first-order valence-electron chi connectivity index (χ1n) is 6.66. The quantitative estimate of drug-likeness (QED) is 0.808. The highest BCUT2D eigenvalue weighted by atomic mass is 16.6. The van der Waals surface area contributed by atoms with Crippen LogP contribution in [0.15, 0.2) is 0 Å². The summed E-state index contributed by atoms with van der Waals surface area (Å²) in [5.41, 5.74) is -0.562. The van der Waals surface area contributed by atoms with Crippen LogP contribution in [0.4, 0.5) is 4.79 Å². The van der Waals surface area contributed by atoms with Gasteiger partial charge in [-0.05, 0) is 20.8 Å². The van der Waals surface area contributed by atoms with Gasteiger partial charge in [-0.2, -0.15) is 0 Å². The summed E-state index contributed by atoms with van der Waals surface area (Å²) in [5, 5.41) is 9.39. The van der Waals surface area contributed by atoms with Crippen LogP contribution in [0.25, 0.3) is 0 Å². The molecule has 0 spiro atoms. The fourth-order valence-corrected chi connectivity index (χ4v) is 2.02. The summed E-state index contributed by atoms with van der Waals surface area (Å²) in [6, 6.07) is -0.390. The van der Waals surface area contributed by atoms with Crippen molar-refractivity contribution < 1.29 is 19.4 Å². The SMILES string of the molecule is CCC(=O)N1CCN(C(=O)OC(C)(C)C)C(CO)C1. The largest absolute Gasteiger partial charge is 0.444 e. The summed E-state index contributed by atoms with van der Waals surface area (Å²) < 4.78 is 5.30. The van der Waals surface area contributed by atoms with E-state index in [1.54, 1.807) is 32.6 Å². The Morgan fingerprint density at radius 1 is 1.32 bits per heavy atom. The number of ether oxygens (including phenoxy) is 1. The average molecular weight is 272 g/mol. The van der Waals surface area contributed by atoms with Gasteiger partial charge in [0.05, 0.1) is 12.6 Å². The van der Waals surface area contributed by atoms with Gasteiger partial charge in [0, 0.05) is 26.1 Å². The van der Waals surface area contributed by atoms with E-state index in [0.717, 1.165) is 0 Å². The maximum atomic E-state index is 12.0. The summed E-state index contributed by atoms with van der Waals surface area (Å²) in [6.45, 7) is 8.28. The Hall–Kier alpha value is -1.30. The zero-order chi connectivity index (χ0) is 14.6. The lowest BCUT2D eigenvalue weighted by Crippen LogP contribution is -2.58. The molecule has 6 nitrogen and oxygen atoms in total. The second-order valence-electron chi connectivity index (χ2n) is 5.70. The fourth-order valence-electron chi connectivity index (χ4n) is 2.02. The van der Waals surface area contributed by atoms with Crippen molar-refractivity contribution in [1.82, 2.24) is 9.80 Å². The smallest absolute Gasteiger partial charge is 0.410 e. The molecule has 110 valence electrons. The number of hydrogen-bond donors (Lipinski definition) is 1. The first-order chi connectivity index (χ1) is 8.78. The first kappa shape index (κ1) is 15.8. The van der Waals surface area contributed by atoms with Gasteiger partial charge in [0.1, 0.15) is 5.60 Å². The van der Waals surface area contributed by atoms with Gasteiger partial charge in [-0.25, -0.2) is 4.79 Å². The number of carbonyl (C=O) groups excluding carboxylic acids is 2. The summed E-state index contributed by atoms with van der Waals surface area (Å²) in [5.74, 6) is 0.0438. The fraction of sp³-hybridized carbons (Fsp3) is 0.846. The molecular formula is C13H24N2O4. The van der Waals surface area contributed by atoms with Crippen LogP contribution in [0.3, 0.4) is 0 Å². The van der Waals surface area contributed by atoms with Gasteiger partial charge in [0.25, 0.3) is 0 Å². The Kier molecular flexibility index (Phi) is 5.17. The van der Waals surface area contributed by atoms with Gasteiger partial charge >= 0.3 is 6.09 Å². The molecule has 1 aliphatic heterocycles. The molecule has 0 aromatic carbocycles. The van der Waals surface area contributed by atoms with E-state index < -0.39 is 11.7 Å². The second-order valence-corrected chi connectivity index (χ2v) is 5.70. The van der Waals surface area contributed by atoms with Crippen molar-refractivity contribution >= 4 is 12.0 Å². The molecule has 0 aromatic rings. The van der Waals surface area contributed by atoms with Gasteiger partial charge in [-0.3, -0.25) is 9.69 Å². The van der Waals surface area contributed by atoms with Crippen molar-refractivity contribution in [2.45, 2.75) is 45.8 Å². The number of aliphatic hydroxyl groups is 1. The second kappa shape index (κ2) is 6.23. The van der Waals surface area contributed by atoms with Gasteiger partial charge < -0.3 is 14.7 Å². The van der Waals surface area contributed by atoms with Crippen molar-refractivity contribution in [3.05, 3.63) is 0 Å². The molecule has 0 saturated carbocycles. The molecule has 1 saturated heterocycles. The minimum atomic E-state index is -0.562. The number of carbonyl (C=O) groups is 2. The van der Waals surface area contributed by atoms with E-state index in [2.05, 4.69) is 0 Å². The van der Waals surface area contributed by atoms with Crippen LogP contribution < -0.4 is 0 Å². The number of amides is 2. The number of rotatable bonds is 2. The predicted octanol–water partition coefficient (Wildman–Crippen LogP) is 0.837. The van der Waals surface area contributed by atoms with Gasteiger partial charge in [-0.15, -0.1) is 0 Å². The number of piperazine rings is 1. The lowest BCUT2D eigenvalue weighted by molar-refractivity contribution is -0.134. The normalized spacial score (nSPS) is 20.4. The van der Waals surface area contributed by atoms with Gasteiger partial charge in [0.2, 0.25) is 5.91 Å². The van der Waals surface area contributed by atoms with Crippen LogP contribution >= 0.6 is 0 Å². The molecule has 1 unspecified atom stereocenters. The third kappa shape index (κ3) is 4.38. The summed E-state index contributed by atoms with van der Waals surface area (Å²) >= 11 is 0. The molecule has 0 aliphatic carbocycles. The molecule has 0 aromatic heterocycles. The van der Waals surface area contributed by atoms with E-state index in [9.17, 15) is 14.7 Å². The first-order valence-corrected chi connectivity index (χ1v) is 6.66. The van der Waals surface area contributed by atoms with Crippen LogP contribution in [-0.2, 0) is 9.53 Å². The van der Waals surface area contributed by atoms with Crippen LogP contribution in [0.5, 0.6) is 0 Å². The minimum Gasteiger partial charge on any atom is -0.444 e. The summed E-state index contributed by atoms with van der Waals surface area (Å²) in [7, 11) is 0. The maximum Gasteiger partial charge on any atom is 0.410 e. The van der Waals surface area contributed by atoms with Crippen molar-refractivity contribution in [1.29, 1.82) is 0 Å². The van der Waals surface area contributed by atoms with Crippen molar-refractivity contribution in [3.63, 3.8) is 0 Å². The van der Waals surface area contributed by atoms with Crippen molar-refractivity contribution in [3.8, 4) is 0 Å². The zero-order valence-corrected chi connectivity index (χ0v) is 12.2. The molecule has 19 heavy (non-hydrogen) atoms. The van der Waals surface area contributed by atoms with E-state index in [-0.39, 0.29) is 18.6 Å². The van der Waals surface area contributed by atoms with Crippen molar-refractivity contribution in [2.75, 3.05) is 26.2 Å². The molecule has 1 rings (SSSR count). The van der Waals surface area contributed by atoms with Crippen LogP contribution in [0, 0.1) is 0 Å².